The summed E-state index contributed by atoms with van der Waals surface area (Å²) in [5.74, 6) is 1.06. The second-order valence-corrected chi connectivity index (χ2v) is 9.77. The molecule has 4 aromatic rings. The Morgan fingerprint density at radius 3 is 2.46 bits per heavy atom. The van der Waals surface area contributed by atoms with Gasteiger partial charge in [-0.15, -0.1) is 0 Å². The van der Waals surface area contributed by atoms with Gasteiger partial charge in [0, 0.05) is 34.7 Å². The smallest absolute Gasteiger partial charge is 0.324 e. The number of nitrogens with one attached hydrogen (secondary N) is 3. The van der Waals surface area contributed by atoms with Gasteiger partial charge in [-0.05, 0) is 31.2 Å². The molecule has 0 saturated heterocycles. The van der Waals surface area contributed by atoms with Crippen LogP contribution in [-0.4, -0.2) is 34.2 Å². The molecule has 3 amide bonds. The van der Waals surface area contributed by atoms with Gasteiger partial charge < -0.3 is 20.5 Å². The highest BCUT2D eigenvalue weighted by Gasteiger charge is 2.19. The number of primary amides is 1. The fourth-order valence-electron chi connectivity index (χ4n) is 3.64. The molecular weight excluding hydrogens is 496 g/mol. The van der Waals surface area contributed by atoms with E-state index in [0.717, 1.165) is 5.69 Å². The molecule has 5 N–H and O–H groups in total. The number of pyridine rings is 1. The summed E-state index contributed by atoms with van der Waals surface area (Å²) >= 11 is 6.57. The van der Waals surface area contributed by atoms with Crippen LogP contribution in [-0.2, 0) is 5.41 Å². The molecule has 0 aliphatic rings. The Balaban J connectivity index is 1.56. The lowest BCUT2D eigenvalue weighted by Crippen LogP contribution is -2.20. The van der Waals surface area contributed by atoms with E-state index in [1.165, 1.54) is 7.11 Å². The van der Waals surface area contributed by atoms with Crippen LogP contribution in [0.15, 0.2) is 42.6 Å². The van der Waals surface area contributed by atoms with Crippen LogP contribution in [0.25, 0.3) is 10.9 Å². The second kappa shape index (κ2) is 9.98. The number of nitrogens with zero attached hydrogens (tertiary/aromatic N) is 2. The van der Waals surface area contributed by atoms with Crippen molar-refractivity contribution in [3.63, 3.8) is 0 Å². The third-order valence-electron chi connectivity index (χ3n) is 5.69. The molecule has 0 aliphatic carbocycles. The van der Waals surface area contributed by atoms with Gasteiger partial charge in [0.05, 0.1) is 34.6 Å². The van der Waals surface area contributed by atoms with Gasteiger partial charge in [-0.3, -0.25) is 20.2 Å². The van der Waals surface area contributed by atoms with Crippen molar-refractivity contribution in [3.8, 4) is 17.2 Å². The van der Waals surface area contributed by atoms with Crippen molar-refractivity contribution in [2.45, 2.75) is 33.1 Å². The first-order chi connectivity index (χ1) is 17.5. The summed E-state index contributed by atoms with van der Waals surface area (Å²) in [4.78, 5) is 28.8. The van der Waals surface area contributed by atoms with Crippen molar-refractivity contribution >= 4 is 45.9 Å². The molecule has 0 saturated carbocycles. The van der Waals surface area contributed by atoms with Crippen LogP contribution < -0.4 is 25.8 Å². The van der Waals surface area contributed by atoms with Gasteiger partial charge in [-0.25, -0.2) is 4.79 Å². The molecule has 0 bridgehead atoms. The number of aromatic amines is 1. The van der Waals surface area contributed by atoms with Gasteiger partial charge >= 0.3 is 6.03 Å². The monoisotopic (exact) mass is 522 g/mol. The molecule has 2 aromatic heterocycles. The number of anilines is 2. The summed E-state index contributed by atoms with van der Waals surface area (Å²) in [5.41, 5.74) is 7.95. The summed E-state index contributed by atoms with van der Waals surface area (Å²) in [5, 5.41) is 13.4. The quantitative estimate of drug-likeness (QED) is 0.253. The number of hydrogen-bond donors (Lipinski definition) is 4. The molecule has 0 atom stereocenters. The standard InChI is InChI=1S/C26H27ClN6O4/c1-13-18(37-19-8-9-29-17-11-20(36-5)15(24(28)34)10-14(17)19)7-6-16(23(13)27)30-25(35)31-22-12-21(32-33-22)26(2,3)4/h6-12H,1-5H3,(H2,28,34)(H3,30,31,32,33,35). The molecule has 0 radical (unpaired) electrons. The van der Waals surface area contributed by atoms with Gasteiger partial charge in [0.15, 0.2) is 0 Å². The van der Waals surface area contributed by atoms with Crippen molar-refractivity contribution in [2.24, 2.45) is 5.73 Å². The fourth-order valence-corrected chi connectivity index (χ4v) is 3.84. The highest BCUT2D eigenvalue weighted by atomic mass is 35.5. The number of nitrogens with two attached hydrogens (primary N) is 1. The van der Waals surface area contributed by atoms with E-state index < -0.39 is 11.9 Å². The van der Waals surface area contributed by atoms with E-state index in [-0.39, 0.29) is 11.0 Å². The van der Waals surface area contributed by atoms with Crippen LogP contribution >= 0.6 is 11.6 Å². The minimum Gasteiger partial charge on any atom is -0.496 e. The third-order valence-corrected chi connectivity index (χ3v) is 6.17. The SMILES string of the molecule is COc1cc2nccc(Oc3ccc(NC(=O)Nc4cc(C(C)(C)C)n[nH]4)c(Cl)c3C)c2cc1C(N)=O. The summed E-state index contributed by atoms with van der Waals surface area (Å²) < 4.78 is 11.4. The molecular formula is C26H27ClN6O4. The van der Waals surface area contributed by atoms with E-state index in [2.05, 4.69) is 25.8 Å². The minimum absolute atomic E-state index is 0.156. The fraction of sp³-hybridized carbons (Fsp3) is 0.231. The first-order valence-corrected chi connectivity index (χ1v) is 11.7. The van der Waals surface area contributed by atoms with Crippen LogP contribution in [0, 0.1) is 6.92 Å². The predicted molar refractivity (Wildman–Crippen MR) is 143 cm³/mol. The summed E-state index contributed by atoms with van der Waals surface area (Å²) in [6, 6.07) is 9.50. The number of H-pyrrole nitrogens is 1. The minimum atomic E-state index is -0.633. The Kier molecular flexibility index (Phi) is 6.95. The van der Waals surface area contributed by atoms with Crippen molar-refractivity contribution < 1.29 is 19.1 Å². The van der Waals surface area contributed by atoms with E-state index >= 15 is 0 Å². The molecule has 37 heavy (non-hydrogen) atoms. The van der Waals surface area contributed by atoms with Gasteiger partial charge in [0.1, 0.15) is 23.1 Å². The van der Waals surface area contributed by atoms with E-state index in [4.69, 9.17) is 26.8 Å². The van der Waals surface area contributed by atoms with Crippen LogP contribution in [0.4, 0.5) is 16.3 Å². The van der Waals surface area contributed by atoms with Crippen molar-refractivity contribution in [2.75, 3.05) is 17.7 Å². The van der Waals surface area contributed by atoms with Crippen molar-refractivity contribution in [3.05, 3.63) is 64.4 Å². The Hall–Kier alpha value is -4.31. The number of ether oxygens (including phenoxy) is 2. The number of amides is 3. The van der Waals surface area contributed by atoms with Gasteiger partial charge in [0.25, 0.3) is 5.91 Å². The Labute approximate surface area is 218 Å². The predicted octanol–water partition coefficient (Wildman–Crippen LogP) is 5.76. The third kappa shape index (κ3) is 5.44. The van der Waals surface area contributed by atoms with Crippen molar-refractivity contribution in [1.82, 2.24) is 15.2 Å². The lowest BCUT2D eigenvalue weighted by atomic mass is 9.92. The topological polar surface area (TPSA) is 144 Å². The number of benzene rings is 2. The van der Waals surface area contributed by atoms with E-state index in [9.17, 15) is 9.59 Å². The number of carbonyl (C=O) groups is 2. The average Bonchev–Trinajstić information content (AvgIpc) is 3.32. The molecule has 2 heterocycles. The number of urea groups is 1. The molecule has 192 valence electrons. The van der Waals surface area contributed by atoms with Crippen LogP contribution in [0.2, 0.25) is 5.02 Å². The number of aromatic nitrogens is 3. The summed E-state index contributed by atoms with van der Waals surface area (Å²) in [7, 11) is 1.45. The first-order valence-electron chi connectivity index (χ1n) is 11.4. The van der Waals surface area contributed by atoms with Crippen LogP contribution in [0.3, 0.4) is 0 Å². The maximum absolute atomic E-state index is 12.6. The number of fused-ring (bicyclic) bond motifs is 1. The largest absolute Gasteiger partial charge is 0.496 e. The zero-order chi connectivity index (χ0) is 26.9. The molecule has 0 unspecified atom stereocenters. The molecule has 11 heteroatoms. The van der Waals surface area contributed by atoms with Gasteiger partial charge in [-0.1, -0.05) is 32.4 Å². The first kappa shape index (κ1) is 25.8. The molecule has 4 rings (SSSR count). The zero-order valence-corrected chi connectivity index (χ0v) is 21.8. The summed E-state index contributed by atoms with van der Waals surface area (Å²) in [6.45, 7) is 7.86. The number of carbonyl (C=O) groups excluding carboxylic acids is 2. The highest BCUT2D eigenvalue weighted by Crippen LogP contribution is 2.38. The Morgan fingerprint density at radius 2 is 1.81 bits per heavy atom. The normalized spacial score (nSPS) is 11.3. The maximum Gasteiger partial charge on any atom is 0.324 e. The van der Waals surface area contributed by atoms with Crippen LogP contribution in [0.5, 0.6) is 17.2 Å². The Bertz CT molecular complexity index is 1510. The highest BCUT2D eigenvalue weighted by molar-refractivity contribution is 6.34. The number of halogens is 1. The lowest BCUT2D eigenvalue weighted by Gasteiger charge is -2.15. The average molecular weight is 523 g/mol. The summed E-state index contributed by atoms with van der Waals surface area (Å²) in [6.07, 6.45) is 1.58. The lowest BCUT2D eigenvalue weighted by molar-refractivity contribution is 0.0997. The van der Waals surface area contributed by atoms with E-state index in [1.54, 1.807) is 49.5 Å². The number of rotatable bonds is 6. The Morgan fingerprint density at radius 1 is 1.05 bits per heavy atom. The number of hydrogen-bond acceptors (Lipinski definition) is 6. The molecule has 10 nitrogen and oxygen atoms in total. The zero-order valence-electron chi connectivity index (χ0n) is 21.0. The van der Waals surface area contributed by atoms with E-state index in [0.29, 0.717) is 50.2 Å². The molecule has 0 fully saturated rings. The number of methoxy groups -OCH3 is 1. The van der Waals surface area contributed by atoms with E-state index in [1.807, 2.05) is 20.8 Å². The molecule has 2 aromatic carbocycles. The molecule has 0 aliphatic heterocycles. The van der Waals surface area contributed by atoms with Crippen molar-refractivity contribution in [1.29, 1.82) is 0 Å². The maximum atomic E-state index is 12.6. The van der Waals surface area contributed by atoms with Gasteiger partial charge in [-0.2, -0.15) is 5.10 Å². The molecule has 0 spiro atoms. The van der Waals surface area contributed by atoms with Crippen LogP contribution in [0.1, 0.15) is 42.4 Å². The van der Waals surface area contributed by atoms with Gasteiger partial charge in [0.2, 0.25) is 0 Å². The second-order valence-electron chi connectivity index (χ2n) is 9.39.